The van der Waals surface area contributed by atoms with Gasteiger partial charge in [0.2, 0.25) is 0 Å². The molecule has 0 spiro atoms. The van der Waals surface area contributed by atoms with Crippen molar-refractivity contribution in [2.75, 3.05) is 7.11 Å². The predicted molar refractivity (Wildman–Crippen MR) is 82.4 cm³/mol. The van der Waals surface area contributed by atoms with Crippen molar-refractivity contribution in [1.82, 2.24) is 5.32 Å². The molecule has 3 heteroatoms. The molecule has 21 heavy (non-hydrogen) atoms. The minimum Gasteiger partial charge on any atom is -0.497 e. The molecule has 0 heterocycles. The predicted octanol–water partition coefficient (Wildman–Crippen LogP) is 3.58. The molecule has 1 aliphatic carbocycles. The van der Waals surface area contributed by atoms with Crippen molar-refractivity contribution in [1.29, 1.82) is 0 Å². The molecule has 1 saturated carbocycles. The molecular weight excluding hydrogens is 262 g/mol. The molecule has 0 aromatic heterocycles. The Balaban J connectivity index is 1.74. The van der Waals surface area contributed by atoms with Crippen molar-refractivity contribution in [3.8, 4) is 5.75 Å². The SMILES string of the molecule is COc1ccc(C(=O)N[C@@H](c2ccccc2)C2CC2)cc1. The zero-order valence-corrected chi connectivity index (χ0v) is 12.1. The lowest BCUT2D eigenvalue weighted by Gasteiger charge is -2.19. The summed E-state index contributed by atoms with van der Waals surface area (Å²) in [6.07, 6.45) is 2.37. The van der Waals surface area contributed by atoms with Gasteiger partial charge in [-0.3, -0.25) is 4.79 Å². The van der Waals surface area contributed by atoms with Crippen LogP contribution >= 0.6 is 0 Å². The molecule has 3 nitrogen and oxygen atoms in total. The van der Waals surface area contributed by atoms with Gasteiger partial charge < -0.3 is 10.1 Å². The summed E-state index contributed by atoms with van der Waals surface area (Å²) in [6.45, 7) is 0. The molecular formula is C18H19NO2. The number of carbonyl (C=O) groups excluding carboxylic acids is 1. The summed E-state index contributed by atoms with van der Waals surface area (Å²) in [5, 5.41) is 3.17. The summed E-state index contributed by atoms with van der Waals surface area (Å²) < 4.78 is 5.12. The van der Waals surface area contributed by atoms with E-state index in [1.54, 1.807) is 19.2 Å². The molecule has 0 saturated heterocycles. The number of hydrogen-bond acceptors (Lipinski definition) is 2. The molecule has 2 aromatic carbocycles. The summed E-state index contributed by atoms with van der Waals surface area (Å²) in [4.78, 5) is 12.4. The average molecular weight is 281 g/mol. The molecule has 0 radical (unpaired) electrons. The lowest BCUT2D eigenvalue weighted by Crippen LogP contribution is -2.29. The van der Waals surface area contributed by atoms with Gasteiger partial charge in [-0.25, -0.2) is 0 Å². The molecule has 1 aliphatic rings. The van der Waals surface area contributed by atoms with Crippen LogP contribution < -0.4 is 10.1 Å². The van der Waals surface area contributed by atoms with E-state index in [9.17, 15) is 4.79 Å². The van der Waals surface area contributed by atoms with Crippen LogP contribution in [0.15, 0.2) is 54.6 Å². The maximum Gasteiger partial charge on any atom is 0.251 e. The number of benzene rings is 2. The number of carbonyl (C=O) groups is 1. The van der Waals surface area contributed by atoms with Crippen molar-refractivity contribution >= 4 is 5.91 Å². The molecule has 0 unspecified atom stereocenters. The Morgan fingerprint density at radius 3 is 2.33 bits per heavy atom. The van der Waals surface area contributed by atoms with Crippen LogP contribution in [0.5, 0.6) is 5.75 Å². The van der Waals surface area contributed by atoms with Crippen molar-refractivity contribution in [3.05, 3.63) is 65.7 Å². The number of nitrogens with one attached hydrogen (secondary N) is 1. The fraction of sp³-hybridized carbons (Fsp3) is 0.278. The first-order chi connectivity index (χ1) is 10.3. The van der Waals surface area contributed by atoms with Crippen LogP contribution in [0.25, 0.3) is 0 Å². The maximum absolute atomic E-state index is 12.4. The van der Waals surface area contributed by atoms with Gasteiger partial charge in [-0.1, -0.05) is 30.3 Å². The van der Waals surface area contributed by atoms with E-state index < -0.39 is 0 Å². The molecule has 1 N–H and O–H groups in total. The van der Waals surface area contributed by atoms with Crippen molar-refractivity contribution in [2.24, 2.45) is 5.92 Å². The first-order valence-electron chi connectivity index (χ1n) is 7.28. The summed E-state index contributed by atoms with van der Waals surface area (Å²) >= 11 is 0. The lowest BCUT2D eigenvalue weighted by atomic mass is 10.0. The first-order valence-corrected chi connectivity index (χ1v) is 7.28. The van der Waals surface area contributed by atoms with Gasteiger partial charge >= 0.3 is 0 Å². The number of rotatable bonds is 5. The lowest BCUT2D eigenvalue weighted by molar-refractivity contribution is 0.0931. The molecule has 3 rings (SSSR count). The van der Waals surface area contributed by atoms with Gasteiger partial charge in [-0.15, -0.1) is 0 Å². The maximum atomic E-state index is 12.4. The van der Waals surface area contributed by atoms with Crippen LogP contribution in [0.3, 0.4) is 0 Å². The van der Waals surface area contributed by atoms with Gasteiger partial charge in [0.05, 0.1) is 13.2 Å². The minimum absolute atomic E-state index is 0.0293. The monoisotopic (exact) mass is 281 g/mol. The summed E-state index contributed by atoms with van der Waals surface area (Å²) in [7, 11) is 1.62. The van der Waals surface area contributed by atoms with E-state index in [2.05, 4.69) is 17.4 Å². The Morgan fingerprint density at radius 2 is 1.76 bits per heavy atom. The highest BCUT2D eigenvalue weighted by Crippen LogP contribution is 2.41. The molecule has 0 aliphatic heterocycles. The highest BCUT2D eigenvalue weighted by molar-refractivity contribution is 5.94. The smallest absolute Gasteiger partial charge is 0.251 e. The topological polar surface area (TPSA) is 38.3 Å². The molecule has 0 bridgehead atoms. The zero-order chi connectivity index (χ0) is 14.7. The van der Waals surface area contributed by atoms with E-state index in [0.29, 0.717) is 11.5 Å². The zero-order valence-electron chi connectivity index (χ0n) is 12.1. The Kier molecular flexibility index (Phi) is 3.91. The van der Waals surface area contributed by atoms with Gasteiger partial charge in [0, 0.05) is 5.56 Å². The number of amides is 1. The van der Waals surface area contributed by atoms with Gasteiger partial charge in [0.15, 0.2) is 0 Å². The van der Waals surface area contributed by atoms with Crippen LogP contribution in [-0.4, -0.2) is 13.0 Å². The standard InChI is InChI=1S/C18H19NO2/c1-21-16-11-9-15(10-12-16)18(20)19-17(14-7-8-14)13-5-3-2-4-6-13/h2-6,9-12,14,17H,7-8H2,1H3,(H,19,20)/t17-/m0/s1. The Morgan fingerprint density at radius 1 is 1.10 bits per heavy atom. The Bertz CT molecular complexity index is 603. The summed E-state index contributed by atoms with van der Waals surface area (Å²) in [6, 6.07) is 17.5. The van der Waals surface area contributed by atoms with Crippen LogP contribution in [0.4, 0.5) is 0 Å². The van der Waals surface area contributed by atoms with Crippen LogP contribution in [0.2, 0.25) is 0 Å². The number of methoxy groups -OCH3 is 1. The van der Waals surface area contributed by atoms with Crippen molar-refractivity contribution in [2.45, 2.75) is 18.9 Å². The van der Waals surface area contributed by atoms with Crippen LogP contribution in [0.1, 0.15) is 34.8 Å². The molecule has 1 atom stereocenters. The number of hydrogen-bond donors (Lipinski definition) is 1. The van der Waals surface area contributed by atoms with Crippen LogP contribution in [0, 0.1) is 5.92 Å². The van der Waals surface area contributed by atoms with E-state index in [1.807, 2.05) is 30.3 Å². The first kappa shape index (κ1) is 13.7. The highest BCUT2D eigenvalue weighted by atomic mass is 16.5. The second-order valence-corrected chi connectivity index (χ2v) is 5.43. The van der Waals surface area contributed by atoms with Crippen LogP contribution in [-0.2, 0) is 0 Å². The third-order valence-corrected chi connectivity index (χ3v) is 3.89. The fourth-order valence-electron chi connectivity index (χ4n) is 2.53. The number of ether oxygens (including phenoxy) is 1. The molecule has 1 amide bonds. The van der Waals surface area contributed by atoms with Crippen molar-refractivity contribution < 1.29 is 9.53 Å². The normalized spacial score (nSPS) is 15.3. The van der Waals surface area contributed by atoms with Gasteiger partial charge in [0.25, 0.3) is 5.91 Å². The molecule has 2 aromatic rings. The van der Waals surface area contributed by atoms with Gasteiger partial charge in [0.1, 0.15) is 5.75 Å². The quantitative estimate of drug-likeness (QED) is 0.909. The van der Waals surface area contributed by atoms with E-state index >= 15 is 0 Å². The van der Waals surface area contributed by atoms with Gasteiger partial charge in [-0.05, 0) is 48.6 Å². The van der Waals surface area contributed by atoms with E-state index in [0.717, 1.165) is 5.75 Å². The van der Waals surface area contributed by atoms with E-state index in [4.69, 9.17) is 4.74 Å². The Labute approximate surface area is 124 Å². The second-order valence-electron chi connectivity index (χ2n) is 5.43. The summed E-state index contributed by atoms with van der Waals surface area (Å²) in [5.74, 6) is 1.29. The van der Waals surface area contributed by atoms with Crippen molar-refractivity contribution in [3.63, 3.8) is 0 Å². The summed E-state index contributed by atoms with van der Waals surface area (Å²) in [5.41, 5.74) is 1.85. The fourth-order valence-corrected chi connectivity index (χ4v) is 2.53. The van der Waals surface area contributed by atoms with E-state index in [-0.39, 0.29) is 11.9 Å². The van der Waals surface area contributed by atoms with E-state index in [1.165, 1.54) is 18.4 Å². The second kappa shape index (κ2) is 6.00. The average Bonchev–Trinajstić information content (AvgIpc) is 3.38. The highest BCUT2D eigenvalue weighted by Gasteiger charge is 2.33. The third-order valence-electron chi connectivity index (χ3n) is 3.89. The van der Waals surface area contributed by atoms with Gasteiger partial charge in [-0.2, -0.15) is 0 Å². The largest absolute Gasteiger partial charge is 0.497 e. The Hall–Kier alpha value is -2.29. The molecule has 1 fully saturated rings. The minimum atomic E-state index is -0.0293. The third kappa shape index (κ3) is 3.24. The molecule has 108 valence electrons.